The summed E-state index contributed by atoms with van der Waals surface area (Å²) in [5.41, 5.74) is 3.68. The van der Waals surface area contributed by atoms with Crippen LogP contribution in [0.15, 0.2) is 47.7 Å². The molecule has 0 spiro atoms. The van der Waals surface area contributed by atoms with E-state index in [1.54, 1.807) is 36.7 Å². The summed E-state index contributed by atoms with van der Waals surface area (Å²) in [6, 6.07) is 10.8. The third-order valence-electron chi connectivity index (χ3n) is 4.14. The lowest BCUT2D eigenvalue weighted by atomic mass is 9.96. The molecular formula is C19H21ClN4O2. The summed E-state index contributed by atoms with van der Waals surface area (Å²) in [4.78, 5) is 16.0. The summed E-state index contributed by atoms with van der Waals surface area (Å²) >= 11 is 5.78. The second kappa shape index (κ2) is 9.20. The van der Waals surface area contributed by atoms with Crippen molar-refractivity contribution in [2.45, 2.75) is 38.1 Å². The minimum Gasteiger partial charge on any atom is -0.410 e. The molecule has 0 atom stereocenters. The highest BCUT2D eigenvalue weighted by Crippen LogP contribution is 2.18. The highest BCUT2D eigenvalue weighted by molar-refractivity contribution is 6.30. The third-order valence-corrected chi connectivity index (χ3v) is 4.36. The Bertz CT molecular complexity index is 741. The predicted molar refractivity (Wildman–Crippen MR) is 103 cm³/mol. The fourth-order valence-electron chi connectivity index (χ4n) is 2.79. The van der Waals surface area contributed by atoms with Gasteiger partial charge < -0.3 is 10.1 Å². The standard InChI is InChI=1S/C19H21ClN4O2/c20-15-8-11-18(21-13-15)24-22-12-14-6-9-17(10-7-14)26-19(25)23-16-4-2-1-3-5-16/h6-13,16H,1-5H2,(H,21,24)(H,23,25)/b22-12+. The molecule has 3 rings (SSSR count). The minimum absolute atomic E-state index is 0.232. The highest BCUT2D eigenvalue weighted by Gasteiger charge is 2.16. The number of nitrogens with one attached hydrogen (secondary N) is 2. The van der Waals surface area contributed by atoms with Gasteiger partial charge in [0, 0.05) is 12.2 Å². The first kappa shape index (κ1) is 18.2. The van der Waals surface area contributed by atoms with Crippen molar-refractivity contribution in [2.75, 3.05) is 5.43 Å². The van der Waals surface area contributed by atoms with E-state index in [-0.39, 0.29) is 6.04 Å². The zero-order valence-corrected chi connectivity index (χ0v) is 15.1. The van der Waals surface area contributed by atoms with Crippen molar-refractivity contribution in [1.29, 1.82) is 0 Å². The first-order chi connectivity index (χ1) is 12.7. The molecule has 7 heteroatoms. The second-order valence-electron chi connectivity index (χ2n) is 6.17. The molecule has 1 aromatic carbocycles. The predicted octanol–water partition coefficient (Wildman–Crippen LogP) is 4.60. The molecule has 0 aliphatic heterocycles. The van der Waals surface area contributed by atoms with E-state index < -0.39 is 6.09 Å². The molecule has 2 aromatic rings. The number of benzene rings is 1. The smallest absolute Gasteiger partial charge is 0.410 e. The molecule has 1 saturated carbocycles. The number of hydrogen-bond acceptors (Lipinski definition) is 5. The summed E-state index contributed by atoms with van der Waals surface area (Å²) < 4.78 is 5.32. The van der Waals surface area contributed by atoms with Crippen LogP contribution in [0.3, 0.4) is 0 Å². The van der Waals surface area contributed by atoms with Crippen LogP contribution in [-0.2, 0) is 0 Å². The Balaban J connectivity index is 1.47. The number of hydrogen-bond donors (Lipinski definition) is 2. The molecule has 1 heterocycles. The number of anilines is 1. The topological polar surface area (TPSA) is 75.6 Å². The fourth-order valence-corrected chi connectivity index (χ4v) is 2.90. The number of pyridine rings is 1. The molecule has 0 saturated heterocycles. The van der Waals surface area contributed by atoms with Crippen LogP contribution in [0, 0.1) is 0 Å². The van der Waals surface area contributed by atoms with Crippen molar-refractivity contribution >= 4 is 29.7 Å². The molecule has 136 valence electrons. The Labute approximate surface area is 157 Å². The van der Waals surface area contributed by atoms with E-state index in [0.29, 0.717) is 16.6 Å². The van der Waals surface area contributed by atoms with E-state index in [0.717, 1.165) is 18.4 Å². The third kappa shape index (κ3) is 5.74. The number of carbonyl (C=O) groups excluding carboxylic acids is 1. The summed E-state index contributed by atoms with van der Waals surface area (Å²) in [6.45, 7) is 0. The normalized spacial score (nSPS) is 15.0. The molecule has 0 radical (unpaired) electrons. The number of amides is 1. The van der Waals surface area contributed by atoms with Gasteiger partial charge in [-0.25, -0.2) is 9.78 Å². The molecule has 1 aliphatic carbocycles. The summed E-state index contributed by atoms with van der Waals surface area (Å²) in [5.74, 6) is 1.10. The number of hydrazone groups is 1. The van der Waals surface area contributed by atoms with Crippen molar-refractivity contribution in [3.05, 3.63) is 53.2 Å². The van der Waals surface area contributed by atoms with E-state index in [4.69, 9.17) is 16.3 Å². The molecule has 1 aliphatic rings. The molecule has 1 aromatic heterocycles. The molecule has 26 heavy (non-hydrogen) atoms. The monoisotopic (exact) mass is 372 g/mol. The lowest BCUT2D eigenvalue weighted by Gasteiger charge is -2.22. The summed E-state index contributed by atoms with van der Waals surface area (Å²) in [7, 11) is 0. The lowest BCUT2D eigenvalue weighted by molar-refractivity contribution is 0.192. The first-order valence-corrected chi connectivity index (χ1v) is 9.06. The maximum atomic E-state index is 11.9. The van der Waals surface area contributed by atoms with Crippen molar-refractivity contribution in [2.24, 2.45) is 5.10 Å². The van der Waals surface area contributed by atoms with Gasteiger partial charge in [-0.2, -0.15) is 5.10 Å². The SMILES string of the molecule is O=C(NC1CCCCC1)Oc1ccc(/C=N/Nc2ccc(Cl)cn2)cc1. The van der Waals surface area contributed by atoms with E-state index in [2.05, 4.69) is 20.8 Å². The molecule has 2 N–H and O–H groups in total. The summed E-state index contributed by atoms with van der Waals surface area (Å²) in [5, 5.41) is 7.61. The van der Waals surface area contributed by atoms with Gasteiger partial charge in [-0.15, -0.1) is 0 Å². The van der Waals surface area contributed by atoms with Gasteiger partial charge in [0.15, 0.2) is 0 Å². The van der Waals surface area contributed by atoms with Gasteiger partial charge in [0.05, 0.1) is 11.2 Å². The molecule has 6 nitrogen and oxygen atoms in total. The zero-order valence-electron chi connectivity index (χ0n) is 14.3. The number of ether oxygens (including phenoxy) is 1. The van der Waals surface area contributed by atoms with Gasteiger partial charge in [0.2, 0.25) is 0 Å². The number of halogens is 1. The van der Waals surface area contributed by atoms with Crippen LogP contribution >= 0.6 is 11.6 Å². The van der Waals surface area contributed by atoms with E-state index in [1.165, 1.54) is 19.3 Å². The molecular weight excluding hydrogens is 352 g/mol. The largest absolute Gasteiger partial charge is 0.412 e. The van der Waals surface area contributed by atoms with Crippen molar-refractivity contribution in [1.82, 2.24) is 10.3 Å². The van der Waals surface area contributed by atoms with Gasteiger partial charge in [-0.1, -0.05) is 30.9 Å². The maximum absolute atomic E-state index is 11.9. The molecule has 1 amide bonds. The van der Waals surface area contributed by atoms with Crippen LogP contribution < -0.4 is 15.5 Å². The van der Waals surface area contributed by atoms with Crippen molar-refractivity contribution in [3.63, 3.8) is 0 Å². The molecule has 1 fully saturated rings. The fraction of sp³-hybridized carbons (Fsp3) is 0.316. The minimum atomic E-state index is -0.395. The number of rotatable bonds is 5. The van der Waals surface area contributed by atoms with Crippen LogP contribution in [0.1, 0.15) is 37.7 Å². The van der Waals surface area contributed by atoms with Crippen molar-refractivity contribution < 1.29 is 9.53 Å². The maximum Gasteiger partial charge on any atom is 0.412 e. The second-order valence-corrected chi connectivity index (χ2v) is 6.61. The average molecular weight is 373 g/mol. The van der Waals surface area contributed by atoms with E-state index >= 15 is 0 Å². The van der Waals surface area contributed by atoms with Gasteiger partial charge in [0.25, 0.3) is 0 Å². The number of aromatic nitrogens is 1. The van der Waals surface area contributed by atoms with Gasteiger partial charge in [-0.05, 0) is 54.8 Å². The van der Waals surface area contributed by atoms with Crippen LogP contribution in [0.2, 0.25) is 5.02 Å². The van der Waals surface area contributed by atoms with Crippen LogP contribution in [0.4, 0.5) is 10.6 Å². The van der Waals surface area contributed by atoms with Crippen LogP contribution in [0.5, 0.6) is 5.75 Å². The number of carbonyl (C=O) groups is 1. The quantitative estimate of drug-likeness (QED) is 0.594. The van der Waals surface area contributed by atoms with E-state index in [9.17, 15) is 4.79 Å². The summed E-state index contributed by atoms with van der Waals surface area (Å²) in [6.07, 6.45) is 8.44. The van der Waals surface area contributed by atoms with Gasteiger partial charge in [0.1, 0.15) is 11.6 Å². The highest BCUT2D eigenvalue weighted by atomic mass is 35.5. The lowest BCUT2D eigenvalue weighted by Crippen LogP contribution is -2.37. The van der Waals surface area contributed by atoms with Crippen LogP contribution in [0.25, 0.3) is 0 Å². The van der Waals surface area contributed by atoms with E-state index in [1.807, 2.05) is 12.1 Å². The molecule has 0 unspecified atom stereocenters. The average Bonchev–Trinajstić information content (AvgIpc) is 2.65. The Morgan fingerprint density at radius 3 is 2.62 bits per heavy atom. The Morgan fingerprint density at radius 1 is 1.15 bits per heavy atom. The van der Waals surface area contributed by atoms with Crippen LogP contribution in [-0.4, -0.2) is 23.3 Å². The Morgan fingerprint density at radius 2 is 1.92 bits per heavy atom. The molecule has 0 bridgehead atoms. The van der Waals surface area contributed by atoms with Gasteiger partial charge >= 0.3 is 6.09 Å². The first-order valence-electron chi connectivity index (χ1n) is 8.68. The van der Waals surface area contributed by atoms with Crippen molar-refractivity contribution in [3.8, 4) is 5.75 Å². The Kier molecular flexibility index (Phi) is 6.44. The Hall–Kier alpha value is -2.60. The zero-order chi connectivity index (χ0) is 18.2. The number of nitrogens with zero attached hydrogens (tertiary/aromatic N) is 2. The van der Waals surface area contributed by atoms with Gasteiger partial charge in [-0.3, -0.25) is 5.43 Å².